The molecule has 1 aromatic rings. The minimum absolute atomic E-state index is 0.0220. The molecule has 0 aliphatic carbocycles. The molecule has 0 aromatic heterocycles. The van der Waals surface area contributed by atoms with Crippen molar-refractivity contribution in [3.8, 4) is 0 Å². The number of rotatable bonds is 3. The zero-order valence-corrected chi connectivity index (χ0v) is 8.31. The molecule has 2 N–H and O–H groups in total. The lowest BCUT2D eigenvalue weighted by atomic mass is 10.2. The zero-order valence-electron chi connectivity index (χ0n) is 7.56. The van der Waals surface area contributed by atoms with Crippen LogP contribution in [0.1, 0.15) is 10.4 Å². The quantitative estimate of drug-likeness (QED) is 0.777. The van der Waals surface area contributed by atoms with Gasteiger partial charge in [-0.3, -0.25) is 4.79 Å². The summed E-state index contributed by atoms with van der Waals surface area (Å²) in [5.41, 5.74) is -0.163. The maximum atomic E-state index is 12.8. The van der Waals surface area contributed by atoms with Crippen LogP contribution in [0.15, 0.2) is 12.1 Å². The Morgan fingerprint density at radius 1 is 1.40 bits per heavy atom. The number of carbonyl (C=O) groups excluding carboxylic acids is 1. The van der Waals surface area contributed by atoms with Gasteiger partial charge in [0.05, 0.1) is 17.2 Å². The van der Waals surface area contributed by atoms with E-state index in [9.17, 15) is 13.6 Å². The number of carbonyl (C=O) groups is 1. The van der Waals surface area contributed by atoms with E-state index in [0.29, 0.717) is 6.07 Å². The van der Waals surface area contributed by atoms with Crippen molar-refractivity contribution in [1.29, 1.82) is 0 Å². The van der Waals surface area contributed by atoms with E-state index in [1.807, 2.05) is 0 Å². The second-order valence-corrected chi connectivity index (χ2v) is 3.13. The molecule has 1 rings (SSSR count). The van der Waals surface area contributed by atoms with Crippen molar-refractivity contribution in [1.82, 2.24) is 5.32 Å². The van der Waals surface area contributed by atoms with Crippen molar-refractivity contribution in [2.75, 3.05) is 13.2 Å². The van der Waals surface area contributed by atoms with Crippen LogP contribution >= 0.6 is 11.6 Å². The van der Waals surface area contributed by atoms with Gasteiger partial charge in [-0.25, -0.2) is 8.78 Å². The minimum atomic E-state index is -1.14. The van der Waals surface area contributed by atoms with E-state index in [1.165, 1.54) is 0 Å². The number of amides is 1. The van der Waals surface area contributed by atoms with E-state index >= 15 is 0 Å². The predicted molar refractivity (Wildman–Crippen MR) is 50.8 cm³/mol. The van der Waals surface area contributed by atoms with Gasteiger partial charge in [-0.1, -0.05) is 11.6 Å². The van der Waals surface area contributed by atoms with Gasteiger partial charge in [-0.2, -0.15) is 0 Å². The highest BCUT2D eigenvalue weighted by Crippen LogP contribution is 2.19. The van der Waals surface area contributed by atoms with Crippen LogP contribution in [0.3, 0.4) is 0 Å². The highest BCUT2D eigenvalue weighted by atomic mass is 35.5. The average Bonchev–Trinajstić information content (AvgIpc) is 2.20. The van der Waals surface area contributed by atoms with Gasteiger partial charge in [0, 0.05) is 6.54 Å². The summed E-state index contributed by atoms with van der Waals surface area (Å²) in [5.74, 6) is -2.92. The number of benzene rings is 1. The number of aliphatic hydroxyl groups excluding tert-OH is 1. The topological polar surface area (TPSA) is 49.3 Å². The van der Waals surface area contributed by atoms with Gasteiger partial charge in [0.25, 0.3) is 5.91 Å². The fourth-order valence-electron chi connectivity index (χ4n) is 0.961. The van der Waals surface area contributed by atoms with Crippen molar-refractivity contribution in [3.05, 3.63) is 34.4 Å². The number of halogens is 3. The van der Waals surface area contributed by atoms with Crippen LogP contribution in [-0.2, 0) is 0 Å². The molecule has 1 aromatic carbocycles. The lowest BCUT2D eigenvalue weighted by molar-refractivity contribution is 0.0944. The summed E-state index contributed by atoms with van der Waals surface area (Å²) < 4.78 is 25.4. The monoisotopic (exact) mass is 235 g/mol. The Hall–Kier alpha value is -1.20. The fraction of sp³-hybridized carbons (Fsp3) is 0.222. The van der Waals surface area contributed by atoms with Crippen molar-refractivity contribution >= 4 is 17.5 Å². The van der Waals surface area contributed by atoms with Crippen LogP contribution < -0.4 is 5.32 Å². The molecule has 0 atom stereocenters. The summed E-state index contributed by atoms with van der Waals surface area (Å²) in [6.07, 6.45) is 0. The fourth-order valence-corrected chi connectivity index (χ4v) is 1.20. The summed E-state index contributed by atoms with van der Waals surface area (Å²) in [7, 11) is 0. The number of nitrogens with one attached hydrogen (secondary N) is 1. The van der Waals surface area contributed by atoms with Crippen LogP contribution in [0.2, 0.25) is 5.02 Å². The van der Waals surface area contributed by atoms with Crippen molar-refractivity contribution in [3.63, 3.8) is 0 Å². The standard InChI is InChI=1S/C9H8ClF2NO2/c10-6-4-8(12)7(11)3-5(6)9(15)13-1-2-14/h3-4,14H,1-2H2,(H,13,15). The molecule has 0 spiro atoms. The van der Waals surface area contributed by atoms with E-state index in [1.54, 1.807) is 0 Å². The van der Waals surface area contributed by atoms with Crippen molar-refractivity contribution in [2.24, 2.45) is 0 Å². The molecule has 0 radical (unpaired) electrons. The Kier molecular flexibility index (Phi) is 3.99. The number of hydrogen-bond acceptors (Lipinski definition) is 2. The SMILES string of the molecule is O=C(NCCO)c1cc(F)c(F)cc1Cl. The van der Waals surface area contributed by atoms with Crippen molar-refractivity contribution < 1.29 is 18.7 Å². The highest BCUT2D eigenvalue weighted by molar-refractivity contribution is 6.33. The van der Waals surface area contributed by atoms with Crippen LogP contribution in [0.4, 0.5) is 8.78 Å². The molecular formula is C9H8ClF2NO2. The van der Waals surface area contributed by atoms with E-state index < -0.39 is 17.5 Å². The Labute approximate surface area is 89.7 Å². The maximum Gasteiger partial charge on any atom is 0.252 e. The molecule has 0 saturated carbocycles. The van der Waals surface area contributed by atoms with Crippen molar-refractivity contribution in [2.45, 2.75) is 0 Å². The molecule has 1 amide bonds. The molecule has 0 saturated heterocycles. The molecule has 0 bridgehead atoms. The molecule has 82 valence electrons. The maximum absolute atomic E-state index is 12.8. The Morgan fingerprint density at radius 2 is 2.00 bits per heavy atom. The van der Waals surface area contributed by atoms with Gasteiger partial charge in [-0.15, -0.1) is 0 Å². The van der Waals surface area contributed by atoms with Gasteiger partial charge >= 0.3 is 0 Å². The van der Waals surface area contributed by atoms with E-state index in [2.05, 4.69) is 5.32 Å². The first-order chi connectivity index (χ1) is 7.06. The summed E-state index contributed by atoms with van der Waals surface area (Å²) in [5, 5.41) is 10.5. The average molecular weight is 236 g/mol. The lowest BCUT2D eigenvalue weighted by Gasteiger charge is -2.05. The lowest BCUT2D eigenvalue weighted by Crippen LogP contribution is -2.26. The minimum Gasteiger partial charge on any atom is -0.395 e. The number of aliphatic hydroxyl groups is 1. The first-order valence-corrected chi connectivity index (χ1v) is 4.47. The van der Waals surface area contributed by atoms with E-state index in [4.69, 9.17) is 16.7 Å². The number of hydrogen-bond donors (Lipinski definition) is 2. The van der Waals surface area contributed by atoms with Crippen LogP contribution in [-0.4, -0.2) is 24.2 Å². The summed E-state index contributed by atoms with van der Waals surface area (Å²) in [4.78, 5) is 11.3. The third-order valence-electron chi connectivity index (χ3n) is 1.65. The first-order valence-electron chi connectivity index (χ1n) is 4.10. The van der Waals surface area contributed by atoms with E-state index in [-0.39, 0.29) is 23.7 Å². The second kappa shape index (κ2) is 5.04. The third-order valence-corrected chi connectivity index (χ3v) is 1.96. The Balaban J connectivity index is 2.94. The van der Waals surface area contributed by atoms with E-state index in [0.717, 1.165) is 6.07 Å². The molecule has 0 aliphatic heterocycles. The Bertz CT molecular complexity index is 385. The zero-order chi connectivity index (χ0) is 11.4. The molecule has 0 fully saturated rings. The smallest absolute Gasteiger partial charge is 0.252 e. The molecule has 0 unspecified atom stereocenters. The van der Waals surface area contributed by atoms with Gasteiger partial charge in [0.2, 0.25) is 0 Å². The van der Waals surface area contributed by atoms with Gasteiger partial charge in [0.1, 0.15) is 0 Å². The van der Waals surface area contributed by atoms with Crippen LogP contribution in [0.25, 0.3) is 0 Å². The molecule has 6 heteroatoms. The normalized spacial score (nSPS) is 10.1. The van der Waals surface area contributed by atoms with Gasteiger partial charge < -0.3 is 10.4 Å². The second-order valence-electron chi connectivity index (χ2n) is 2.73. The summed E-state index contributed by atoms with van der Waals surface area (Å²) in [6, 6.07) is 1.44. The first kappa shape index (κ1) is 11.9. The third kappa shape index (κ3) is 2.87. The largest absolute Gasteiger partial charge is 0.395 e. The molecule has 15 heavy (non-hydrogen) atoms. The summed E-state index contributed by atoms with van der Waals surface area (Å²) >= 11 is 5.55. The summed E-state index contributed by atoms with van der Waals surface area (Å²) in [6.45, 7) is -0.221. The molecule has 0 aliphatic rings. The molecular weight excluding hydrogens is 228 g/mol. The predicted octanol–water partition coefficient (Wildman–Crippen LogP) is 1.34. The molecule has 0 heterocycles. The van der Waals surface area contributed by atoms with Gasteiger partial charge in [-0.05, 0) is 12.1 Å². The molecule has 3 nitrogen and oxygen atoms in total. The van der Waals surface area contributed by atoms with Gasteiger partial charge in [0.15, 0.2) is 11.6 Å². The van der Waals surface area contributed by atoms with Crippen LogP contribution in [0.5, 0.6) is 0 Å². The highest BCUT2D eigenvalue weighted by Gasteiger charge is 2.14. The Morgan fingerprint density at radius 3 is 2.60 bits per heavy atom. The van der Waals surface area contributed by atoms with Crippen LogP contribution in [0, 0.1) is 11.6 Å².